The van der Waals surface area contributed by atoms with Crippen molar-refractivity contribution in [2.75, 3.05) is 10.8 Å². The second-order valence-electron chi connectivity index (χ2n) is 11.6. The summed E-state index contributed by atoms with van der Waals surface area (Å²) in [6.45, 7) is -0.552. The van der Waals surface area contributed by atoms with Crippen molar-refractivity contribution in [3.8, 4) is 0 Å². The van der Waals surface area contributed by atoms with E-state index in [-0.39, 0.29) is 45.5 Å². The lowest BCUT2D eigenvalue weighted by Crippen LogP contribution is -2.55. The van der Waals surface area contributed by atoms with Crippen molar-refractivity contribution in [3.05, 3.63) is 129 Å². The molecule has 2 amide bonds. The fraction of sp³-hybridized carbons (Fsp3) is 0.278. The van der Waals surface area contributed by atoms with Gasteiger partial charge in [0.05, 0.1) is 20.6 Å². The maximum Gasteiger partial charge on any atom is 0.264 e. The molecule has 1 N–H and O–H groups in total. The molecule has 246 valence electrons. The van der Waals surface area contributed by atoms with Crippen LogP contribution in [0.3, 0.4) is 0 Å². The topological polar surface area (TPSA) is 86.8 Å². The zero-order valence-electron chi connectivity index (χ0n) is 25.7. The second-order valence-corrected chi connectivity index (χ2v) is 15.2. The summed E-state index contributed by atoms with van der Waals surface area (Å²) in [5.74, 6) is -0.845. The molecule has 11 heteroatoms. The maximum absolute atomic E-state index is 14.7. The minimum Gasteiger partial charge on any atom is -0.352 e. The largest absolute Gasteiger partial charge is 0.352 e. The molecule has 0 bridgehead atoms. The van der Waals surface area contributed by atoms with Crippen molar-refractivity contribution >= 4 is 66.7 Å². The molecule has 0 spiro atoms. The molecule has 0 unspecified atom stereocenters. The third-order valence-electron chi connectivity index (χ3n) is 8.27. The Morgan fingerprint density at radius 2 is 1.47 bits per heavy atom. The monoisotopic (exact) mass is 755 g/mol. The van der Waals surface area contributed by atoms with Crippen LogP contribution in [-0.2, 0) is 32.6 Å². The van der Waals surface area contributed by atoms with Gasteiger partial charge in [0.15, 0.2) is 0 Å². The summed E-state index contributed by atoms with van der Waals surface area (Å²) in [7, 11) is -4.29. The molecule has 0 saturated heterocycles. The minimum atomic E-state index is -4.29. The first-order chi connectivity index (χ1) is 22.6. The van der Waals surface area contributed by atoms with Crippen LogP contribution in [0.5, 0.6) is 0 Å². The number of halogens is 3. The molecule has 0 heterocycles. The zero-order chi connectivity index (χ0) is 33.4. The van der Waals surface area contributed by atoms with Crippen LogP contribution < -0.4 is 9.62 Å². The first-order valence-electron chi connectivity index (χ1n) is 15.5. The van der Waals surface area contributed by atoms with Crippen LogP contribution in [0.15, 0.2) is 112 Å². The van der Waals surface area contributed by atoms with E-state index in [4.69, 9.17) is 23.2 Å². The van der Waals surface area contributed by atoms with Gasteiger partial charge in [-0.2, -0.15) is 0 Å². The highest BCUT2D eigenvalue weighted by molar-refractivity contribution is 9.10. The molecule has 1 fully saturated rings. The molecule has 47 heavy (non-hydrogen) atoms. The molecule has 7 nitrogen and oxygen atoms in total. The Hall–Kier alpha value is -3.37. The average molecular weight is 758 g/mol. The summed E-state index contributed by atoms with van der Waals surface area (Å²) in [5.41, 5.74) is 1.70. The van der Waals surface area contributed by atoms with Crippen molar-refractivity contribution in [3.63, 3.8) is 0 Å². The van der Waals surface area contributed by atoms with E-state index in [2.05, 4.69) is 21.2 Å². The number of rotatable bonds is 12. The Balaban J connectivity index is 1.58. The minimum absolute atomic E-state index is 0.00381. The number of nitrogens with one attached hydrogen (secondary N) is 1. The summed E-state index contributed by atoms with van der Waals surface area (Å²) in [5, 5.41) is 3.36. The van der Waals surface area contributed by atoms with Gasteiger partial charge in [0.1, 0.15) is 12.6 Å². The third-order valence-corrected chi connectivity index (χ3v) is 11.4. The predicted octanol–water partition coefficient (Wildman–Crippen LogP) is 8.04. The number of carbonyl (C=O) groups excluding carboxylic acids is 2. The Bertz CT molecular complexity index is 1790. The standard InChI is InChI=1S/C36H36BrCl2N3O4S/c37-28-15-10-14-27(22-28)24-41(33(23-26-12-4-1-5-13-26)36(44)40-29-16-6-2-7-17-29)34(43)25-42(32-21-11-20-31(38)35(32)39)47(45,46)30-18-8-3-9-19-30/h1,3-5,8-15,18-22,29,33H,2,6-7,16-17,23-25H2,(H,40,44)/t33-/m0/s1. The second kappa shape index (κ2) is 16.2. The quantitative estimate of drug-likeness (QED) is 0.159. The van der Waals surface area contributed by atoms with Gasteiger partial charge in [0, 0.05) is 23.5 Å². The maximum atomic E-state index is 14.7. The molecule has 0 aliphatic heterocycles. The highest BCUT2D eigenvalue weighted by Gasteiger charge is 2.36. The predicted molar refractivity (Wildman–Crippen MR) is 191 cm³/mol. The zero-order valence-corrected chi connectivity index (χ0v) is 29.6. The van der Waals surface area contributed by atoms with Gasteiger partial charge in [-0.1, -0.05) is 125 Å². The lowest BCUT2D eigenvalue weighted by Gasteiger charge is -2.35. The highest BCUT2D eigenvalue weighted by atomic mass is 79.9. The number of hydrogen-bond donors (Lipinski definition) is 1. The van der Waals surface area contributed by atoms with Gasteiger partial charge >= 0.3 is 0 Å². The Morgan fingerprint density at radius 1 is 0.830 bits per heavy atom. The van der Waals surface area contributed by atoms with Gasteiger partial charge in [0.2, 0.25) is 11.8 Å². The first kappa shape index (κ1) is 35.0. The van der Waals surface area contributed by atoms with Crippen molar-refractivity contribution in [1.29, 1.82) is 0 Å². The van der Waals surface area contributed by atoms with Crippen LogP contribution >= 0.6 is 39.1 Å². The molecule has 0 radical (unpaired) electrons. The SMILES string of the molecule is O=C(NC1CCCCC1)[C@H](Cc1ccccc1)N(Cc1cccc(Br)c1)C(=O)CN(c1cccc(Cl)c1Cl)S(=O)(=O)c1ccccc1. The smallest absolute Gasteiger partial charge is 0.264 e. The number of hydrogen-bond acceptors (Lipinski definition) is 4. The van der Waals surface area contributed by atoms with E-state index >= 15 is 0 Å². The van der Waals surface area contributed by atoms with Crippen molar-refractivity contribution in [2.24, 2.45) is 0 Å². The van der Waals surface area contributed by atoms with E-state index < -0.39 is 28.5 Å². The van der Waals surface area contributed by atoms with Gasteiger partial charge in [-0.15, -0.1) is 0 Å². The molecule has 0 aromatic heterocycles. The lowest BCUT2D eigenvalue weighted by atomic mass is 9.94. The molecular formula is C36H36BrCl2N3O4S. The Morgan fingerprint density at radius 3 is 2.15 bits per heavy atom. The summed E-state index contributed by atoms with van der Waals surface area (Å²) < 4.78 is 30.2. The molecule has 1 aliphatic carbocycles. The summed E-state index contributed by atoms with van der Waals surface area (Å²) in [6, 6.07) is 28.6. The van der Waals surface area contributed by atoms with Gasteiger partial charge in [0.25, 0.3) is 10.0 Å². The van der Waals surface area contributed by atoms with E-state index in [1.165, 1.54) is 23.1 Å². The Labute approximate surface area is 295 Å². The van der Waals surface area contributed by atoms with E-state index in [9.17, 15) is 18.0 Å². The number of amides is 2. The van der Waals surface area contributed by atoms with Crippen LogP contribution in [0.2, 0.25) is 10.0 Å². The van der Waals surface area contributed by atoms with Crippen LogP contribution in [0, 0.1) is 0 Å². The summed E-state index contributed by atoms with van der Waals surface area (Å²) >= 11 is 16.4. The average Bonchev–Trinajstić information content (AvgIpc) is 3.08. The van der Waals surface area contributed by atoms with Crippen molar-refractivity contribution in [1.82, 2.24) is 10.2 Å². The highest BCUT2D eigenvalue weighted by Crippen LogP contribution is 2.35. The van der Waals surface area contributed by atoms with Gasteiger partial charge in [-0.25, -0.2) is 8.42 Å². The number of anilines is 1. The molecule has 4 aromatic rings. The van der Waals surface area contributed by atoms with Crippen LogP contribution in [0.1, 0.15) is 43.2 Å². The van der Waals surface area contributed by atoms with E-state index in [0.717, 1.165) is 52.0 Å². The van der Waals surface area contributed by atoms with Crippen LogP contribution in [0.4, 0.5) is 5.69 Å². The molecule has 1 aliphatic rings. The molecular weight excluding hydrogens is 721 g/mol. The summed E-state index contributed by atoms with van der Waals surface area (Å²) in [4.78, 5) is 30.3. The number of nitrogens with zero attached hydrogens (tertiary/aromatic N) is 2. The van der Waals surface area contributed by atoms with Gasteiger partial charge < -0.3 is 10.2 Å². The Kier molecular flexibility index (Phi) is 12.0. The normalized spacial score (nSPS) is 14.3. The lowest BCUT2D eigenvalue weighted by molar-refractivity contribution is -0.140. The molecule has 1 atom stereocenters. The van der Waals surface area contributed by atoms with E-state index in [1.54, 1.807) is 30.3 Å². The van der Waals surface area contributed by atoms with Crippen molar-refractivity contribution < 1.29 is 18.0 Å². The molecule has 5 rings (SSSR count). The number of carbonyl (C=O) groups is 2. The third kappa shape index (κ3) is 8.96. The van der Waals surface area contributed by atoms with Gasteiger partial charge in [-0.3, -0.25) is 13.9 Å². The fourth-order valence-corrected chi connectivity index (χ4v) is 8.19. The number of benzene rings is 4. The first-order valence-corrected chi connectivity index (χ1v) is 18.5. The molecule has 4 aromatic carbocycles. The van der Waals surface area contributed by atoms with Crippen LogP contribution in [-0.4, -0.2) is 43.8 Å². The van der Waals surface area contributed by atoms with Crippen LogP contribution in [0.25, 0.3) is 0 Å². The van der Waals surface area contributed by atoms with Crippen molar-refractivity contribution in [2.45, 2.75) is 62.0 Å². The van der Waals surface area contributed by atoms with Gasteiger partial charge in [-0.05, 0) is 60.4 Å². The van der Waals surface area contributed by atoms with E-state index in [1.807, 2.05) is 54.6 Å². The summed E-state index contributed by atoms with van der Waals surface area (Å²) in [6.07, 6.45) is 5.18. The number of sulfonamides is 1. The molecule has 1 saturated carbocycles. The van der Waals surface area contributed by atoms with E-state index in [0.29, 0.717) is 0 Å². The fourth-order valence-electron chi connectivity index (χ4n) is 5.85.